The molecule has 0 radical (unpaired) electrons. The summed E-state index contributed by atoms with van der Waals surface area (Å²) in [6.07, 6.45) is 10.8. The van der Waals surface area contributed by atoms with Crippen LogP contribution in [0.1, 0.15) is 57.1 Å². The number of rotatable bonds is 3. The first kappa shape index (κ1) is 13.7. The van der Waals surface area contributed by atoms with Crippen LogP contribution in [0.3, 0.4) is 0 Å². The van der Waals surface area contributed by atoms with Gasteiger partial charge in [-0.1, -0.05) is 30.7 Å². The molecular weight excluding hydrogens is 306 g/mol. The minimum absolute atomic E-state index is 0.254. The van der Waals surface area contributed by atoms with Gasteiger partial charge < -0.3 is 0 Å². The maximum absolute atomic E-state index is 5.15. The van der Waals surface area contributed by atoms with E-state index in [4.69, 9.17) is 9.98 Å². The fourth-order valence-electron chi connectivity index (χ4n) is 4.11. The topological polar surface area (TPSA) is 55.4 Å². The van der Waals surface area contributed by atoms with Crippen molar-refractivity contribution in [1.29, 1.82) is 0 Å². The summed E-state index contributed by atoms with van der Waals surface area (Å²) in [4.78, 5) is 11.1. The summed E-state index contributed by atoms with van der Waals surface area (Å²) in [5.41, 5.74) is 6.64. The van der Waals surface area contributed by atoms with E-state index in [0.29, 0.717) is 5.92 Å². The second-order valence-electron chi connectivity index (χ2n) is 6.54. The predicted octanol–water partition coefficient (Wildman–Crippen LogP) is 3.77. The van der Waals surface area contributed by atoms with Crippen LogP contribution in [-0.2, 0) is 0 Å². The second-order valence-corrected chi connectivity index (χ2v) is 7.67. The van der Waals surface area contributed by atoms with Gasteiger partial charge in [-0.25, -0.2) is 4.98 Å². The number of thioether (sulfide) groups is 1. The van der Waals surface area contributed by atoms with Crippen molar-refractivity contribution in [3.8, 4) is 0 Å². The van der Waals surface area contributed by atoms with Gasteiger partial charge in [0.15, 0.2) is 5.65 Å². The Labute approximate surface area is 139 Å². The van der Waals surface area contributed by atoms with Crippen LogP contribution < -0.4 is 0 Å². The van der Waals surface area contributed by atoms with Crippen molar-refractivity contribution >= 4 is 23.1 Å². The molecule has 2 aromatic rings. The number of allylic oxidation sites excluding steroid dienone is 1. The summed E-state index contributed by atoms with van der Waals surface area (Å²) >= 11 is 1.83. The SMILES string of the molecule is CCCCC1=N[C@@H]2Sc3c(ncn4cnnc34)[C@@H]2C2=C1CCC2. The van der Waals surface area contributed by atoms with Crippen LogP contribution >= 0.6 is 11.8 Å². The summed E-state index contributed by atoms with van der Waals surface area (Å²) < 4.78 is 1.91. The zero-order valence-corrected chi connectivity index (χ0v) is 14.0. The molecule has 0 aromatic carbocycles. The molecule has 2 aliphatic heterocycles. The third-order valence-corrected chi connectivity index (χ3v) is 6.43. The molecule has 0 spiro atoms. The Morgan fingerprint density at radius 1 is 1.30 bits per heavy atom. The minimum Gasteiger partial charge on any atom is -0.274 e. The molecule has 23 heavy (non-hydrogen) atoms. The van der Waals surface area contributed by atoms with E-state index in [1.54, 1.807) is 17.5 Å². The van der Waals surface area contributed by atoms with Gasteiger partial charge >= 0.3 is 0 Å². The maximum atomic E-state index is 5.15. The first-order valence-corrected chi connectivity index (χ1v) is 9.38. The van der Waals surface area contributed by atoms with E-state index in [1.165, 1.54) is 48.4 Å². The molecule has 0 saturated carbocycles. The number of aromatic nitrogens is 4. The Kier molecular flexibility index (Phi) is 3.08. The quantitative estimate of drug-likeness (QED) is 0.862. The number of fused-ring (bicyclic) bond motifs is 6. The van der Waals surface area contributed by atoms with Crippen LogP contribution in [0.25, 0.3) is 5.65 Å². The molecule has 2 aromatic heterocycles. The summed E-state index contributed by atoms with van der Waals surface area (Å²) in [7, 11) is 0. The summed E-state index contributed by atoms with van der Waals surface area (Å²) in [6, 6.07) is 0. The lowest BCUT2D eigenvalue weighted by molar-refractivity contribution is 0.694. The highest BCUT2D eigenvalue weighted by Crippen LogP contribution is 2.55. The van der Waals surface area contributed by atoms with Gasteiger partial charge in [0.25, 0.3) is 0 Å². The summed E-state index contributed by atoms with van der Waals surface area (Å²) in [6.45, 7) is 2.25. The Morgan fingerprint density at radius 3 is 3.17 bits per heavy atom. The van der Waals surface area contributed by atoms with Crippen molar-refractivity contribution in [1.82, 2.24) is 19.6 Å². The molecule has 118 valence electrons. The highest BCUT2D eigenvalue weighted by Gasteiger charge is 2.43. The van der Waals surface area contributed by atoms with Crippen molar-refractivity contribution in [3.05, 3.63) is 29.5 Å². The van der Waals surface area contributed by atoms with Crippen molar-refractivity contribution in [2.45, 2.75) is 61.6 Å². The largest absolute Gasteiger partial charge is 0.274 e. The van der Waals surface area contributed by atoms with E-state index in [0.717, 1.165) is 12.1 Å². The fraction of sp³-hybridized carbons (Fsp3) is 0.529. The van der Waals surface area contributed by atoms with Gasteiger partial charge in [0, 0.05) is 5.71 Å². The van der Waals surface area contributed by atoms with Crippen LogP contribution in [0.2, 0.25) is 0 Å². The van der Waals surface area contributed by atoms with Crippen molar-refractivity contribution in [2.75, 3.05) is 0 Å². The van der Waals surface area contributed by atoms with Crippen LogP contribution in [0.15, 0.2) is 33.7 Å². The van der Waals surface area contributed by atoms with Gasteiger partial charge in [-0.2, -0.15) is 0 Å². The molecule has 6 heteroatoms. The average molecular weight is 325 g/mol. The van der Waals surface area contributed by atoms with E-state index < -0.39 is 0 Å². The van der Waals surface area contributed by atoms with E-state index in [2.05, 4.69) is 17.1 Å². The van der Waals surface area contributed by atoms with Gasteiger partial charge in [-0.05, 0) is 37.7 Å². The van der Waals surface area contributed by atoms with Crippen molar-refractivity contribution in [3.63, 3.8) is 0 Å². The molecule has 3 aliphatic rings. The Bertz CT molecular complexity index is 850. The zero-order chi connectivity index (χ0) is 15.4. The van der Waals surface area contributed by atoms with Crippen LogP contribution in [0.5, 0.6) is 0 Å². The number of nitrogens with zero attached hydrogens (tertiary/aromatic N) is 5. The van der Waals surface area contributed by atoms with Gasteiger partial charge in [0.05, 0.1) is 16.5 Å². The predicted molar refractivity (Wildman–Crippen MR) is 91.0 cm³/mol. The molecule has 0 unspecified atom stereocenters. The maximum Gasteiger partial charge on any atom is 0.177 e. The third-order valence-electron chi connectivity index (χ3n) is 5.18. The molecule has 4 heterocycles. The van der Waals surface area contributed by atoms with Crippen LogP contribution in [0.4, 0.5) is 0 Å². The first-order chi connectivity index (χ1) is 11.4. The van der Waals surface area contributed by atoms with Crippen molar-refractivity contribution < 1.29 is 0 Å². The number of dihydropyridines is 1. The number of hydrogen-bond donors (Lipinski definition) is 0. The van der Waals surface area contributed by atoms with Gasteiger partial charge in [0.2, 0.25) is 0 Å². The standard InChI is InChI=1S/C17H19N5S/c1-2-3-7-12-10-5-4-6-11(10)13-14-15(23-17(13)20-12)16-21-19-9-22(16)8-18-14/h8-9,13,17H,2-7H2,1H3/t13-,17+/m0/s1. The van der Waals surface area contributed by atoms with Gasteiger partial charge in [-0.3, -0.25) is 9.39 Å². The van der Waals surface area contributed by atoms with Crippen LogP contribution in [-0.4, -0.2) is 30.7 Å². The third kappa shape index (κ3) is 1.94. The lowest BCUT2D eigenvalue weighted by atomic mass is 9.87. The van der Waals surface area contributed by atoms with E-state index in [9.17, 15) is 0 Å². The molecule has 2 atom stereocenters. The lowest BCUT2D eigenvalue weighted by Gasteiger charge is -2.26. The molecular formula is C17H19N5S. The Hall–Kier alpha value is -1.69. The van der Waals surface area contributed by atoms with Crippen molar-refractivity contribution in [2.24, 2.45) is 4.99 Å². The highest BCUT2D eigenvalue weighted by molar-refractivity contribution is 8.00. The molecule has 0 bridgehead atoms. The summed E-state index contributed by atoms with van der Waals surface area (Å²) in [5, 5.41) is 8.57. The smallest absolute Gasteiger partial charge is 0.177 e. The highest BCUT2D eigenvalue weighted by atomic mass is 32.2. The van der Waals surface area contributed by atoms with E-state index in [-0.39, 0.29) is 5.37 Å². The molecule has 0 fully saturated rings. The fourth-order valence-corrected chi connectivity index (χ4v) is 5.52. The molecule has 1 aliphatic carbocycles. The number of unbranched alkanes of at least 4 members (excludes halogenated alkanes) is 1. The minimum atomic E-state index is 0.254. The van der Waals surface area contributed by atoms with E-state index >= 15 is 0 Å². The number of aliphatic imine (C=N–C) groups is 1. The molecule has 0 N–H and O–H groups in total. The second kappa shape index (κ2) is 5.16. The molecule has 5 nitrogen and oxygen atoms in total. The van der Waals surface area contributed by atoms with Crippen LogP contribution in [0, 0.1) is 0 Å². The molecule has 0 amide bonds. The lowest BCUT2D eigenvalue weighted by Crippen LogP contribution is -2.21. The average Bonchev–Trinajstić information content (AvgIpc) is 3.27. The monoisotopic (exact) mass is 325 g/mol. The molecule has 5 rings (SSSR count). The summed E-state index contributed by atoms with van der Waals surface area (Å²) in [5.74, 6) is 0.361. The Morgan fingerprint density at radius 2 is 2.26 bits per heavy atom. The molecule has 0 saturated heterocycles. The van der Waals surface area contributed by atoms with Gasteiger partial charge in [0.1, 0.15) is 18.0 Å². The van der Waals surface area contributed by atoms with E-state index in [1.807, 2.05) is 22.5 Å². The zero-order valence-electron chi connectivity index (χ0n) is 13.2. The Balaban J connectivity index is 1.63. The number of hydrogen-bond acceptors (Lipinski definition) is 5. The first-order valence-electron chi connectivity index (χ1n) is 8.50. The normalized spacial score (nSPS) is 25.5. The van der Waals surface area contributed by atoms with Gasteiger partial charge in [-0.15, -0.1) is 10.2 Å².